The predicted octanol–water partition coefficient (Wildman–Crippen LogP) is 3.52. The molecule has 0 aliphatic rings. The van der Waals surface area contributed by atoms with Gasteiger partial charge in [-0.2, -0.15) is 0 Å². The van der Waals surface area contributed by atoms with Gasteiger partial charge in [0.2, 0.25) is 0 Å². The van der Waals surface area contributed by atoms with Gasteiger partial charge in [0.25, 0.3) is 0 Å². The molecule has 28 heavy (non-hydrogen) atoms. The van der Waals surface area contributed by atoms with E-state index in [4.69, 9.17) is 14.2 Å². The second kappa shape index (κ2) is 8.01. The number of hydrogen-bond donors (Lipinski definition) is 1. The number of hydrogen-bond acceptors (Lipinski definition) is 3. The monoisotopic (exact) mass is 439 g/mol. The van der Waals surface area contributed by atoms with E-state index in [1.807, 2.05) is 18.2 Å². The summed E-state index contributed by atoms with van der Waals surface area (Å²) in [6.45, 7) is 0. The van der Waals surface area contributed by atoms with Crippen LogP contribution in [0.5, 0.6) is 17.2 Å². The van der Waals surface area contributed by atoms with Crippen molar-refractivity contribution < 1.29 is 14.2 Å². The van der Waals surface area contributed by atoms with E-state index in [1.54, 1.807) is 21.3 Å². The molecular formula is C23H21NO3Se. The van der Waals surface area contributed by atoms with Crippen LogP contribution in [0.1, 0.15) is 0 Å². The Morgan fingerprint density at radius 3 is 2.04 bits per heavy atom. The molecule has 0 radical (unpaired) electrons. The third-order valence-corrected chi connectivity index (χ3v) is 6.89. The molecule has 0 aliphatic carbocycles. The molecule has 0 aliphatic heterocycles. The molecule has 5 heteroatoms. The Bertz CT molecular complexity index is 1080. The summed E-state index contributed by atoms with van der Waals surface area (Å²) in [6, 6.07) is 23.0. The number of nitrogens with one attached hydrogen (secondary N) is 1. The molecule has 4 aromatic rings. The first-order valence-corrected chi connectivity index (χ1v) is 10.6. The second-order valence-corrected chi connectivity index (χ2v) is 8.48. The molecule has 4 rings (SSSR count). The normalized spacial score (nSPS) is 10.8. The van der Waals surface area contributed by atoms with E-state index >= 15 is 0 Å². The summed E-state index contributed by atoms with van der Waals surface area (Å²) in [7, 11) is 4.92. The predicted molar refractivity (Wildman–Crippen MR) is 115 cm³/mol. The van der Waals surface area contributed by atoms with Crippen molar-refractivity contribution >= 4 is 34.8 Å². The SMILES string of the molecule is COc1cc([Se]c2c(-c3ccccc3)[nH]c3ccccc23)cc(OC)c1OC. The van der Waals surface area contributed by atoms with Crippen LogP contribution in [0.4, 0.5) is 0 Å². The van der Waals surface area contributed by atoms with E-state index < -0.39 is 0 Å². The van der Waals surface area contributed by atoms with Crippen LogP contribution in [-0.4, -0.2) is 41.3 Å². The number of H-pyrrole nitrogens is 1. The average molecular weight is 438 g/mol. The fourth-order valence-corrected chi connectivity index (χ4v) is 5.63. The van der Waals surface area contributed by atoms with Crippen LogP contribution in [0, 0.1) is 0 Å². The minimum atomic E-state index is 0.0393. The Balaban J connectivity index is 1.86. The number of fused-ring (bicyclic) bond motifs is 1. The van der Waals surface area contributed by atoms with Gasteiger partial charge in [0.05, 0.1) is 0 Å². The van der Waals surface area contributed by atoms with Crippen LogP contribution in [0.15, 0.2) is 66.7 Å². The third kappa shape index (κ3) is 3.35. The summed E-state index contributed by atoms with van der Waals surface area (Å²) in [5.41, 5.74) is 3.49. The number of ether oxygens (including phenoxy) is 3. The van der Waals surface area contributed by atoms with Crippen molar-refractivity contribution in [2.75, 3.05) is 21.3 Å². The zero-order valence-electron chi connectivity index (χ0n) is 16.0. The van der Waals surface area contributed by atoms with Crippen molar-refractivity contribution in [3.8, 4) is 28.5 Å². The third-order valence-electron chi connectivity index (χ3n) is 4.58. The van der Waals surface area contributed by atoms with E-state index in [9.17, 15) is 0 Å². The molecule has 0 atom stereocenters. The van der Waals surface area contributed by atoms with E-state index in [-0.39, 0.29) is 15.0 Å². The first-order valence-electron chi connectivity index (χ1n) is 8.89. The zero-order chi connectivity index (χ0) is 19.5. The summed E-state index contributed by atoms with van der Waals surface area (Å²) in [4.78, 5) is 3.61. The van der Waals surface area contributed by atoms with Gasteiger partial charge in [-0.1, -0.05) is 0 Å². The van der Waals surface area contributed by atoms with Gasteiger partial charge in [0.15, 0.2) is 0 Å². The molecule has 3 aromatic carbocycles. The van der Waals surface area contributed by atoms with Crippen LogP contribution >= 0.6 is 0 Å². The summed E-state index contributed by atoms with van der Waals surface area (Å²) in [5.74, 6) is 1.98. The first-order chi connectivity index (χ1) is 13.7. The van der Waals surface area contributed by atoms with Crippen molar-refractivity contribution in [1.82, 2.24) is 4.98 Å². The average Bonchev–Trinajstić information content (AvgIpc) is 3.12. The molecule has 0 bridgehead atoms. The Labute approximate surface area is 170 Å². The van der Waals surface area contributed by atoms with Gasteiger partial charge in [-0.25, -0.2) is 0 Å². The number of para-hydroxylation sites is 1. The second-order valence-electron chi connectivity index (χ2n) is 6.20. The molecule has 4 nitrogen and oxygen atoms in total. The molecule has 1 N–H and O–H groups in total. The summed E-state index contributed by atoms with van der Waals surface area (Å²) in [6.07, 6.45) is 0. The molecule has 1 aromatic heterocycles. The topological polar surface area (TPSA) is 43.5 Å². The van der Waals surface area contributed by atoms with Gasteiger partial charge in [-0.15, -0.1) is 0 Å². The molecule has 0 saturated heterocycles. The molecule has 0 spiro atoms. The van der Waals surface area contributed by atoms with Gasteiger partial charge in [-0.05, 0) is 0 Å². The van der Waals surface area contributed by atoms with E-state index in [0.29, 0.717) is 17.2 Å². The number of methoxy groups -OCH3 is 3. The molecule has 0 unspecified atom stereocenters. The minimum absolute atomic E-state index is 0.0393. The Morgan fingerprint density at radius 1 is 0.750 bits per heavy atom. The maximum atomic E-state index is 5.54. The van der Waals surface area contributed by atoms with E-state index in [2.05, 4.69) is 53.5 Å². The van der Waals surface area contributed by atoms with Crippen LogP contribution in [-0.2, 0) is 0 Å². The van der Waals surface area contributed by atoms with E-state index in [1.165, 1.54) is 15.4 Å². The van der Waals surface area contributed by atoms with Crippen molar-refractivity contribution in [2.45, 2.75) is 0 Å². The molecule has 0 amide bonds. The van der Waals surface area contributed by atoms with Crippen molar-refractivity contribution in [3.05, 3.63) is 66.7 Å². The Kier molecular flexibility index (Phi) is 5.29. The summed E-state index contributed by atoms with van der Waals surface area (Å²) in [5, 5.41) is 1.25. The fourth-order valence-electron chi connectivity index (χ4n) is 3.26. The van der Waals surface area contributed by atoms with Gasteiger partial charge in [0.1, 0.15) is 0 Å². The molecule has 0 fully saturated rings. The van der Waals surface area contributed by atoms with E-state index in [0.717, 1.165) is 15.7 Å². The van der Waals surface area contributed by atoms with Gasteiger partial charge >= 0.3 is 171 Å². The van der Waals surface area contributed by atoms with Crippen LogP contribution in [0.25, 0.3) is 22.2 Å². The molecule has 0 saturated carbocycles. The Hall–Kier alpha value is -2.88. The number of aromatic nitrogens is 1. The van der Waals surface area contributed by atoms with Crippen molar-refractivity contribution in [3.63, 3.8) is 0 Å². The van der Waals surface area contributed by atoms with Crippen molar-refractivity contribution in [1.29, 1.82) is 0 Å². The van der Waals surface area contributed by atoms with Crippen LogP contribution < -0.4 is 23.1 Å². The van der Waals surface area contributed by atoms with Crippen molar-refractivity contribution in [2.24, 2.45) is 0 Å². The fraction of sp³-hybridized carbons (Fsp3) is 0.130. The quantitative estimate of drug-likeness (QED) is 0.469. The molecule has 142 valence electrons. The van der Waals surface area contributed by atoms with Crippen LogP contribution in [0.2, 0.25) is 0 Å². The standard InChI is InChI=1S/C23H21NO3Se/c1-25-19-13-16(14-20(26-2)22(19)27-3)28-23-17-11-7-8-12-18(17)24-21(23)15-9-5-4-6-10-15/h4-14,24H,1-3H3. The van der Waals surface area contributed by atoms with Gasteiger partial charge in [-0.3, -0.25) is 0 Å². The molecular weight excluding hydrogens is 417 g/mol. The first kappa shape index (κ1) is 18.5. The number of rotatable bonds is 6. The number of benzene rings is 3. The maximum absolute atomic E-state index is 5.54. The molecule has 1 heterocycles. The summed E-state index contributed by atoms with van der Waals surface area (Å²) >= 11 is 0.0393. The summed E-state index contributed by atoms with van der Waals surface area (Å²) < 4.78 is 19.0. The van der Waals surface area contributed by atoms with Gasteiger partial charge < -0.3 is 0 Å². The van der Waals surface area contributed by atoms with Gasteiger partial charge in [0, 0.05) is 0 Å². The zero-order valence-corrected chi connectivity index (χ0v) is 17.7. The Morgan fingerprint density at radius 2 is 1.39 bits per heavy atom. The van der Waals surface area contributed by atoms with Crippen LogP contribution in [0.3, 0.4) is 0 Å². The number of aromatic amines is 1.